The van der Waals surface area contributed by atoms with Crippen molar-refractivity contribution < 1.29 is 18.8 Å². The zero-order chi connectivity index (χ0) is 18.8. The molecule has 0 fully saturated rings. The van der Waals surface area contributed by atoms with Gasteiger partial charge in [0.1, 0.15) is 5.82 Å². The summed E-state index contributed by atoms with van der Waals surface area (Å²) in [6.45, 7) is 6.02. The Balaban J connectivity index is 2.19. The molecule has 0 bridgehead atoms. The molecule has 138 valence electrons. The summed E-state index contributed by atoms with van der Waals surface area (Å²) in [7, 11) is 0. The molecule has 0 aromatic heterocycles. The van der Waals surface area contributed by atoms with E-state index >= 15 is 0 Å². The molecule has 3 amide bonds. The van der Waals surface area contributed by atoms with Gasteiger partial charge in [0, 0.05) is 25.1 Å². The van der Waals surface area contributed by atoms with Crippen LogP contribution >= 0.6 is 0 Å². The number of rotatable bonds is 9. The molecule has 0 atom stereocenters. The van der Waals surface area contributed by atoms with Gasteiger partial charge in [-0.25, -0.2) is 4.39 Å². The summed E-state index contributed by atoms with van der Waals surface area (Å²) in [6, 6.07) is 4.25. The van der Waals surface area contributed by atoms with E-state index in [1.165, 1.54) is 12.1 Å². The zero-order valence-corrected chi connectivity index (χ0v) is 14.9. The highest BCUT2D eigenvalue weighted by Gasteiger charge is 2.09. The monoisotopic (exact) mass is 351 g/mol. The molecule has 0 spiro atoms. The van der Waals surface area contributed by atoms with Gasteiger partial charge in [-0.1, -0.05) is 19.9 Å². The molecule has 0 unspecified atom stereocenters. The van der Waals surface area contributed by atoms with Gasteiger partial charge in [-0.15, -0.1) is 0 Å². The van der Waals surface area contributed by atoms with Crippen LogP contribution in [-0.4, -0.2) is 37.4 Å². The maximum atomic E-state index is 13.4. The van der Waals surface area contributed by atoms with E-state index in [1.807, 2.05) is 13.8 Å². The predicted octanol–water partition coefficient (Wildman–Crippen LogP) is 1.53. The first-order chi connectivity index (χ1) is 11.8. The summed E-state index contributed by atoms with van der Waals surface area (Å²) in [5.41, 5.74) is 0.700. The average molecular weight is 351 g/mol. The minimum Gasteiger partial charge on any atom is -0.353 e. The summed E-state index contributed by atoms with van der Waals surface area (Å²) >= 11 is 0. The van der Waals surface area contributed by atoms with Gasteiger partial charge in [-0.3, -0.25) is 14.4 Å². The Kier molecular flexibility index (Phi) is 8.60. The van der Waals surface area contributed by atoms with Crippen molar-refractivity contribution >= 4 is 17.7 Å². The summed E-state index contributed by atoms with van der Waals surface area (Å²) in [6.07, 6.45) is 1.17. The van der Waals surface area contributed by atoms with Crippen LogP contribution in [0.3, 0.4) is 0 Å². The highest BCUT2D eigenvalue weighted by atomic mass is 19.1. The Labute approximate surface area is 147 Å². The average Bonchev–Trinajstić information content (AvgIpc) is 2.57. The number of hydrogen-bond acceptors (Lipinski definition) is 3. The van der Waals surface area contributed by atoms with Crippen molar-refractivity contribution in [1.29, 1.82) is 0 Å². The van der Waals surface area contributed by atoms with Crippen LogP contribution in [0.5, 0.6) is 0 Å². The molecule has 0 aliphatic heterocycles. The van der Waals surface area contributed by atoms with E-state index in [0.29, 0.717) is 17.9 Å². The van der Waals surface area contributed by atoms with Crippen molar-refractivity contribution in [3.63, 3.8) is 0 Å². The van der Waals surface area contributed by atoms with Crippen LogP contribution < -0.4 is 16.0 Å². The molecule has 1 aromatic rings. The van der Waals surface area contributed by atoms with Gasteiger partial charge in [0.05, 0.1) is 6.54 Å². The number of carbonyl (C=O) groups is 3. The molecule has 7 heteroatoms. The number of benzene rings is 1. The lowest BCUT2D eigenvalue weighted by atomic mass is 10.1. The van der Waals surface area contributed by atoms with Crippen LogP contribution in [0.25, 0.3) is 0 Å². The maximum Gasteiger partial charge on any atom is 0.251 e. The third-order valence-electron chi connectivity index (χ3n) is 3.56. The number of aryl methyl sites for hydroxylation is 1. The first-order valence-corrected chi connectivity index (χ1v) is 8.37. The Morgan fingerprint density at radius 3 is 2.36 bits per heavy atom. The summed E-state index contributed by atoms with van der Waals surface area (Å²) in [5.74, 6) is -0.887. The fourth-order valence-corrected chi connectivity index (χ4v) is 1.96. The largest absolute Gasteiger partial charge is 0.353 e. The Morgan fingerprint density at radius 1 is 1.04 bits per heavy atom. The van der Waals surface area contributed by atoms with E-state index in [1.54, 1.807) is 13.0 Å². The normalized spacial score (nSPS) is 10.4. The fraction of sp³-hybridized carbons (Fsp3) is 0.500. The second-order valence-corrected chi connectivity index (χ2v) is 6.28. The highest BCUT2D eigenvalue weighted by molar-refractivity contribution is 5.94. The molecule has 0 radical (unpaired) electrons. The lowest BCUT2D eigenvalue weighted by Crippen LogP contribution is -2.40. The standard InChI is InChI=1S/C18H26FN3O3/c1-12(2)4-7-16(23)22-11-17(24)20-8-9-21-18(25)14-6-5-13(3)15(19)10-14/h5-6,10,12H,4,7-9,11H2,1-3H3,(H,20,24)(H,21,25)(H,22,23). The molecule has 0 aliphatic rings. The highest BCUT2D eigenvalue weighted by Crippen LogP contribution is 2.08. The minimum atomic E-state index is -0.436. The second-order valence-electron chi connectivity index (χ2n) is 6.28. The third-order valence-corrected chi connectivity index (χ3v) is 3.56. The summed E-state index contributed by atoms with van der Waals surface area (Å²) < 4.78 is 13.4. The number of halogens is 1. The van der Waals surface area contributed by atoms with Crippen molar-refractivity contribution in [2.45, 2.75) is 33.6 Å². The van der Waals surface area contributed by atoms with E-state index in [4.69, 9.17) is 0 Å². The lowest BCUT2D eigenvalue weighted by molar-refractivity contribution is -0.126. The van der Waals surface area contributed by atoms with Crippen LogP contribution in [0.4, 0.5) is 4.39 Å². The second kappa shape index (κ2) is 10.4. The van der Waals surface area contributed by atoms with Gasteiger partial charge >= 0.3 is 0 Å². The van der Waals surface area contributed by atoms with Crippen LogP contribution in [0.2, 0.25) is 0 Å². The maximum absolute atomic E-state index is 13.4. The van der Waals surface area contributed by atoms with Crippen LogP contribution in [-0.2, 0) is 9.59 Å². The zero-order valence-electron chi connectivity index (χ0n) is 14.9. The molecule has 6 nitrogen and oxygen atoms in total. The molecular weight excluding hydrogens is 325 g/mol. The molecule has 3 N–H and O–H groups in total. The van der Waals surface area contributed by atoms with E-state index in [-0.39, 0.29) is 37.0 Å². The number of nitrogens with one attached hydrogen (secondary N) is 3. The first-order valence-electron chi connectivity index (χ1n) is 8.37. The van der Waals surface area contributed by atoms with Gasteiger partial charge in [-0.2, -0.15) is 0 Å². The Hall–Kier alpha value is -2.44. The fourth-order valence-electron chi connectivity index (χ4n) is 1.96. The van der Waals surface area contributed by atoms with E-state index < -0.39 is 11.7 Å². The minimum absolute atomic E-state index is 0.0892. The van der Waals surface area contributed by atoms with Crippen molar-refractivity contribution in [3.05, 3.63) is 35.1 Å². The topological polar surface area (TPSA) is 87.3 Å². The van der Waals surface area contributed by atoms with E-state index in [0.717, 1.165) is 6.42 Å². The molecule has 1 aromatic carbocycles. The van der Waals surface area contributed by atoms with Crippen molar-refractivity contribution in [3.8, 4) is 0 Å². The van der Waals surface area contributed by atoms with E-state index in [9.17, 15) is 18.8 Å². The SMILES string of the molecule is Cc1ccc(C(=O)NCCNC(=O)CNC(=O)CCC(C)C)cc1F. The molecule has 25 heavy (non-hydrogen) atoms. The van der Waals surface area contributed by atoms with Gasteiger partial charge in [0.15, 0.2) is 0 Å². The van der Waals surface area contributed by atoms with Gasteiger partial charge in [0.25, 0.3) is 5.91 Å². The molecule has 0 saturated heterocycles. The third kappa shape index (κ3) is 8.28. The van der Waals surface area contributed by atoms with Gasteiger partial charge in [-0.05, 0) is 37.0 Å². The Morgan fingerprint density at radius 2 is 1.72 bits per heavy atom. The van der Waals surface area contributed by atoms with Gasteiger partial charge in [0.2, 0.25) is 11.8 Å². The molecule has 0 aliphatic carbocycles. The number of carbonyl (C=O) groups excluding carboxylic acids is 3. The predicted molar refractivity (Wildman–Crippen MR) is 93.6 cm³/mol. The molecule has 0 saturated carbocycles. The molecule has 0 heterocycles. The van der Waals surface area contributed by atoms with Crippen LogP contribution in [0.1, 0.15) is 42.6 Å². The lowest BCUT2D eigenvalue weighted by Gasteiger charge is -2.09. The number of hydrogen-bond donors (Lipinski definition) is 3. The van der Waals surface area contributed by atoms with Gasteiger partial charge < -0.3 is 16.0 Å². The summed E-state index contributed by atoms with van der Waals surface area (Å²) in [4.78, 5) is 34.9. The Bertz CT molecular complexity index is 618. The van der Waals surface area contributed by atoms with Crippen molar-refractivity contribution in [1.82, 2.24) is 16.0 Å². The molecule has 1 rings (SSSR count). The van der Waals surface area contributed by atoms with Crippen LogP contribution in [0, 0.1) is 18.7 Å². The summed E-state index contributed by atoms with van der Waals surface area (Å²) in [5, 5.41) is 7.72. The van der Waals surface area contributed by atoms with Crippen molar-refractivity contribution in [2.24, 2.45) is 5.92 Å². The van der Waals surface area contributed by atoms with E-state index in [2.05, 4.69) is 16.0 Å². The van der Waals surface area contributed by atoms with Crippen molar-refractivity contribution in [2.75, 3.05) is 19.6 Å². The molecular formula is C18H26FN3O3. The smallest absolute Gasteiger partial charge is 0.251 e. The number of amides is 3. The first kappa shape index (κ1) is 20.6. The van der Waals surface area contributed by atoms with Crippen LogP contribution in [0.15, 0.2) is 18.2 Å². The quantitative estimate of drug-likeness (QED) is 0.590.